The lowest BCUT2D eigenvalue weighted by atomic mass is 10.1. The van der Waals surface area contributed by atoms with Gasteiger partial charge in [-0.15, -0.1) is 0 Å². The van der Waals surface area contributed by atoms with Crippen LogP contribution in [0.5, 0.6) is 0 Å². The van der Waals surface area contributed by atoms with E-state index in [4.69, 9.17) is 11.6 Å². The molecule has 0 amide bonds. The molecule has 0 saturated heterocycles. The Morgan fingerprint density at radius 3 is 2.57 bits per heavy atom. The molecule has 1 N–H and O–H groups in total. The predicted octanol–water partition coefficient (Wildman–Crippen LogP) is 3.85. The summed E-state index contributed by atoms with van der Waals surface area (Å²) in [5.74, 6) is -0.999. The number of benzene rings is 1. The van der Waals surface area contributed by atoms with Crippen LogP contribution in [0.2, 0.25) is 5.02 Å². The van der Waals surface area contributed by atoms with Crippen LogP contribution in [-0.4, -0.2) is 25.8 Å². The molecule has 2 heterocycles. The normalized spacial score (nSPS) is 10.7. The summed E-state index contributed by atoms with van der Waals surface area (Å²) in [5, 5.41) is 14.8. The average molecular weight is 328 g/mol. The van der Waals surface area contributed by atoms with Crippen LogP contribution in [0.4, 0.5) is 0 Å². The lowest BCUT2D eigenvalue weighted by Gasteiger charge is -2.06. The number of rotatable bonds is 4. The zero-order chi connectivity index (χ0) is 16.4. The quantitative estimate of drug-likeness (QED) is 0.790. The van der Waals surface area contributed by atoms with Crippen LogP contribution >= 0.6 is 11.6 Å². The Morgan fingerprint density at radius 1 is 1.26 bits per heavy atom. The molecule has 0 aliphatic rings. The molecule has 0 fully saturated rings. The maximum atomic E-state index is 11.8. The third kappa shape index (κ3) is 2.83. The number of hydrogen-bond donors (Lipinski definition) is 1. The van der Waals surface area contributed by atoms with Gasteiger partial charge in [-0.05, 0) is 42.8 Å². The Labute approximate surface area is 138 Å². The van der Waals surface area contributed by atoms with Gasteiger partial charge < -0.3 is 5.11 Å². The molecule has 0 atom stereocenters. The van der Waals surface area contributed by atoms with Crippen LogP contribution in [-0.2, 0) is 6.42 Å². The molecule has 5 nitrogen and oxygen atoms in total. The van der Waals surface area contributed by atoms with Crippen LogP contribution in [0.15, 0.2) is 48.8 Å². The van der Waals surface area contributed by atoms with Gasteiger partial charge in [0, 0.05) is 23.0 Å². The first-order valence-electron chi connectivity index (χ1n) is 7.13. The number of hydrogen-bond acceptors (Lipinski definition) is 3. The van der Waals surface area contributed by atoms with Gasteiger partial charge in [0.1, 0.15) is 11.3 Å². The predicted molar refractivity (Wildman–Crippen MR) is 88.1 cm³/mol. The van der Waals surface area contributed by atoms with Crippen LogP contribution in [0.1, 0.15) is 23.0 Å². The molecule has 23 heavy (non-hydrogen) atoms. The van der Waals surface area contributed by atoms with Gasteiger partial charge in [-0.25, -0.2) is 9.48 Å². The van der Waals surface area contributed by atoms with Crippen molar-refractivity contribution in [3.05, 3.63) is 65.1 Å². The summed E-state index contributed by atoms with van der Waals surface area (Å²) in [6, 6.07) is 10.7. The maximum absolute atomic E-state index is 11.8. The van der Waals surface area contributed by atoms with Gasteiger partial charge in [0.2, 0.25) is 0 Å². The molecule has 0 spiro atoms. The molecule has 0 bridgehead atoms. The third-order valence-corrected chi connectivity index (χ3v) is 3.79. The van der Waals surface area contributed by atoms with Crippen molar-refractivity contribution in [1.82, 2.24) is 14.8 Å². The zero-order valence-electron chi connectivity index (χ0n) is 12.4. The van der Waals surface area contributed by atoms with Crippen molar-refractivity contribution in [2.45, 2.75) is 13.3 Å². The number of halogens is 1. The fourth-order valence-electron chi connectivity index (χ4n) is 2.50. The first-order chi connectivity index (χ1) is 11.1. The third-order valence-electron chi connectivity index (χ3n) is 3.54. The Balaban J connectivity index is 2.25. The highest BCUT2D eigenvalue weighted by Crippen LogP contribution is 2.28. The van der Waals surface area contributed by atoms with E-state index in [1.807, 2.05) is 19.1 Å². The highest BCUT2D eigenvalue weighted by molar-refractivity contribution is 6.30. The molecule has 2 aromatic heterocycles. The van der Waals surface area contributed by atoms with Crippen molar-refractivity contribution in [3.63, 3.8) is 0 Å². The van der Waals surface area contributed by atoms with Gasteiger partial charge in [0.05, 0.1) is 11.4 Å². The molecule has 0 unspecified atom stereocenters. The fraction of sp³-hybridized carbons (Fsp3) is 0.118. The number of carboxylic acids is 1. The Hall–Kier alpha value is -2.66. The first kappa shape index (κ1) is 15.2. The Bertz CT molecular complexity index is 842. The molecule has 3 rings (SSSR count). The smallest absolute Gasteiger partial charge is 0.339 e. The van der Waals surface area contributed by atoms with Crippen LogP contribution < -0.4 is 0 Å². The standard InChI is InChI=1S/C17H14ClN3O2/c1-2-14-15(17(22)23)16(11-4-3-9-19-10-11)20-21(14)13-7-5-12(18)6-8-13/h3-10H,2H2,1H3,(H,22,23). The molecule has 0 aliphatic heterocycles. The number of carboxylic acid groups (broad SMARTS) is 1. The average Bonchev–Trinajstić information content (AvgIpc) is 2.96. The molecular weight excluding hydrogens is 314 g/mol. The maximum Gasteiger partial charge on any atom is 0.339 e. The molecule has 3 aromatic rings. The SMILES string of the molecule is CCc1c(C(=O)O)c(-c2cccnc2)nn1-c1ccc(Cl)cc1. The van der Waals surface area contributed by atoms with E-state index in [-0.39, 0.29) is 5.56 Å². The molecule has 6 heteroatoms. The minimum atomic E-state index is -0.999. The van der Waals surface area contributed by atoms with Crippen LogP contribution in [0, 0.1) is 0 Å². The lowest BCUT2D eigenvalue weighted by molar-refractivity contribution is 0.0696. The number of nitrogens with zero attached hydrogens (tertiary/aromatic N) is 3. The van der Waals surface area contributed by atoms with E-state index in [1.54, 1.807) is 41.3 Å². The van der Waals surface area contributed by atoms with Crippen molar-refractivity contribution in [1.29, 1.82) is 0 Å². The van der Waals surface area contributed by atoms with Crippen molar-refractivity contribution in [2.75, 3.05) is 0 Å². The van der Waals surface area contributed by atoms with E-state index in [0.717, 1.165) is 5.69 Å². The van der Waals surface area contributed by atoms with Crippen molar-refractivity contribution < 1.29 is 9.90 Å². The van der Waals surface area contributed by atoms with Gasteiger partial charge in [0.15, 0.2) is 0 Å². The van der Waals surface area contributed by atoms with Crippen molar-refractivity contribution in [2.24, 2.45) is 0 Å². The van der Waals surface area contributed by atoms with E-state index in [9.17, 15) is 9.90 Å². The minimum absolute atomic E-state index is 0.204. The summed E-state index contributed by atoms with van der Waals surface area (Å²) in [6.45, 7) is 1.91. The van der Waals surface area contributed by atoms with Crippen LogP contribution in [0.25, 0.3) is 16.9 Å². The summed E-state index contributed by atoms with van der Waals surface area (Å²) in [4.78, 5) is 15.8. The highest BCUT2D eigenvalue weighted by atomic mass is 35.5. The van der Waals surface area contributed by atoms with Gasteiger partial charge >= 0.3 is 5.97 Å². The Morgan fingerprint density at radius 2 is 2.00 bits per heavy atom. The van der Waals surface area contributed by atoms with E-state index in [1.165, 1.54) is 0 Å². The van der Waals surface area contributed by atoms with E-state index in [0.29, 0.717) is 28.4 Å². The van der Waals surface area contributed by atoms with E-state index >= 15 is 0 Å². The number of carbonyl (C=O) groups is 1. The van der Waals surface area contributed by atoms with Crippen molar-refractivity contribution >= 4 is 17.6 Å². The van der Waals surface area contributed by atoms with Gasteiger partial charge in [-0.2, -0.15) is 5.10 Å². The topological polar surface area (TPSA) is 68.0 Å². The molecule has 116 valence electrons. The number of aromatic carboxylic acids is 1. The molecular formula is C17H14ClN3O2. The first-order valence-corrected chi connectivity index (χ1v) is 7.51. The minimum Gasteiger partial charge on any atom is -0.478 e. The van der Waals surface area contributed by atoms with Crippen molar-refractivity contribution in [3.8, 4) is 16.9 Å². The van der Waals surface area contributed by atoms with Gasteiger partial charge in [0.25, 0.3) is 0 Å². The fourth-order valence-corrected chi connectivity index (χ4v) is 2.63. The zero-order valence-corrected chi connectivity index (χ0v) is 13.2. The molecule has 0 aliphatic carbocycles. The van der Waals surface area contributed by atoms with Gasteiger partial charge in [-0.1, -0.05) is 18.5 Å². The summed E-state index contributed by atoms with van der Waals surface area (Å²) >= 11 is 5.92. The van der Waals surface area contributed by atoms with E-state index in [2.05, 4.69) is 10.1 Å². The largest absolute Gasteiger partial charge is 0.478 e. The number of aromatic nitrogens is 3. The summed E-state index contributed by atoms with van der Waals surface area (Å²) in [6.07, 6.45) is 3.79. The monoisotopic (exact) mass is 327 g/mol. The second-order valence-corrected chi connectivity index (χ2v) is 5.40. The molecule has 0 saturated carbocycles. The molecule has 0 radical (unpaired) electrons. The summed E-state index contributed by atoms with van der Waals surface area (Å²) < 4.78 is 1.65. The highest BCUT2D eigenvalue weighted by Gasteiger charge is 2.24. The lowest BCUT2D eigenvalue weighted by Crippen LogP contribution is -2.05. The summed E-state index contributed by atoms with van der Waals surface area (Å²) in [7, 11) is 0. The van der Waals surface area contributed by atoms with E-state index < -0.39 is 5.97 Å². The number of pyridine rings is 1. The molecule has 1 aromatic carbocycles. The second-order valence-electron chi connectivity index (χ2n) is 4.96. The summed E-state index contributed by atoms with van der Waals surface area (Å²) in [5.41, 5.74) is 2.70. The second kappa shape index (κ2) is 6.22. The Kier molecular flexibility index (Phi) is 4.12. The van der Waals surface area contributed by atoms with Crippen LogP contribution in [0.3, 0.4) is 0 Å². The van der Waals surface area contributed by atoms with Gasteiger partial charge in [-0.3, -0.25) is 4.98 Å².